The van der Waals surface area contributed by atoms with Gasteiger partial charge in [0, 0.05) is 11.3 Å². The third-order valence-electron chi connectivity index (χ3n) is 8.53. The van der Waals surface area contributed by atoms with Gasteiger partial charge < -0.3 is 5.11 Å². The van der Waals surface area contributed by atoms with Crippen LogP contribution in [-0.4, -0.2) is 17.0 Å². The first kappa shape index (κ1) is 16.6. The van der Waals surface area contributed by atoms with Crippen LogP contribution in [0.4, 0.5) is 0 Å². The highest BCUT2D eigenvalue weighted by Crippen LogP contribution is 2.65. The van der Waals surface area contributed by atoms with Crippen molar-refractivity contribution in [2.75, 3.05) is 0 Å². The molecule has 0 heterocycles. The Kier molecular flexibility index (Phi) is 3.66. The summed E-state index contributed by atoms with van der Waals surface area (Å²) in [5.74, 6) is 2.84. The zero-order chi connectivity index (χ0) is 17.3. The average Bonchev–Trinajstić information content (AvgIpc) is 2.50. The zero-order valence-electron chi connectivity index (χ0n) is 15.6. The van der Waals surface area contributed by atoms with Gasteiger partial charge >= 0.3 is 0 Å². The van der Waals surface area contributed by atoms with Crippen LogP contribution in [0.25, 0.3) is 0 Å². The van der Waals surface area contributed by atoms with Gasteiger partial charge in [0.2, 0.25) is 0 Å². The van der Waals surface area contributed by atoms with E-state index in [2.05, 4.69) is 33.8 Å². The summed E-state index contributed by atoms with van der Waals surface area (Å²) < 4.78 is 0. The molecule has 132 valence electrons. The minimum absolute atomic E-state index is 0.120. The van der Waals surface area contributed by atoms with E-state index in [0.717, 1.165) is 18.8 Å². The van der Waals surface area contributed by atoms with Gasteiger partial charge in [-0.05, 0) is 60.5 Å². The second-order valence-corrected chi connectivity index (χ2v) is 9.66. The van der Waals surface area contributed by atoms with Crippen molar-refractivity contribution in [3.8, 4) is 0 Å². The van der Waals surface area contributed by atoms with Gasteiger partial charge in [-0.2, -0.15) is 0 Å². The van der Waals surface area contributed by atoms with Gasteiger partial charge in [0.25, 0.3) is 0 Å². The van der Waals surface area contributed by atoms with Gasteiger partial charge in [-0.25, -0.2) is 0 Å². The minimum Gasteiger partial charge on any atom is -0.393 e. The quantitative estimate of drug-likeness (QED) is 0.709. The second kappa shape index (κ2) is 5.30. The number of hydrogen-bond donors (Lipinski definition) is 1. The molecule has 0 amide bonds. The molecule has 0 aromatic carbocycles. The van der Waals surface area contributed by atoms with Crippen LogP contribution in [0.15, 0.2) is 23.8 Å². The molecule has 0 aliphatic heterocycles. The molecule has 1 N–H and O–H groups in total. The fourth-order valence-corrected chi connectivity index (χ4v) is 7.21. The molecule has 0 aromatic heterocycles. The van der Waals surface area contributed by atoms with E-state index in [0.29, 0.717) is 17.8 Å². The number of carbonyl (C=O) groups is 1. The Morgan fingerprint density at radius 2 is 1.96 bits per heavy atom. The van der Waals surface area contributed by atoms with Crippen LogP contribution in [0, 0.1) is 40.4 Å². The molecule has 0 bridgehead atoms. The maximum absolute atomic E-state index is 11.9. The maximum Gasteiger partial charge on any atom is 0.178 e. The smallest absolute Gasteiger partial charge is 0.178 e. The van der Waals surface area contributed by atoms with Crippen LogP contribution in [0.5, 0.6) is 0 Å². The third-order valence-corrected chi connectivity index (χ3v) is 8.53. The molecule has 0 spiro atoms. The number of hydrogen-bond acceptors (Lipinski definition) is 2. The van der Waals surface area contributed by atoms with Gasteiger partial charge in [-0.15, -0.1) is 0 Å². The van der Waals surface area contributed by atoms with E-state index in [1.807, 2.05) is 6.08 Å². The zero-order valence-corrected chi connectivity index (χ0v) is 15.6. The lowest BCUT2D eigenvalue weighted by atomic mass is 9.42. The van der Waals surface area contributed by atoms with Crippen molar-refractivity contribution in [3.05, 3.63) is 23.8 Å². The van der Waals surface area contributed by atoms with Crippen molar-refractivity contribution in [1.29, 1.82) is 0 Å². The number of fused-ring (bicyclic) bond motifs is 5. The number of aliphatic hydroxyl groups excluding tert-OH is 1. The molecule has 24 heavy (non-hydrogen) atoms. The Morgan fingerprint density at radius 3 is 2.71 bits per heavy atom. The molecule has 0 radical (unpaired) electrons. The van der Waals surface area contributed by atoms with E-state index < -0.39 is 0 Å². The highest BCUT2D eigenvalue weighted by atomic mass is 16.3. The number of aliphatic hydroxyl groups is 1. The Bertz CT molecular complexity index is 617. The van der Waals surface area contributed by atoms with E-state index in [9.17, 15) is 9.90 Å². The molecule has 5 unspecified atom stereocenters. The summed E-state index contributed by atoms with van der Waals surface area (Å²) in [7, 11) is 0. The van der Waals surface area contributed by atoms with Crippen LogP contribution in [0.3, 0.4) is 0 Å². The molecular formula is C22H32O2. The van der Waals surface area contributed by atoms with Crippen LogP contribution in [-0.2, 0) is 4.79 Å². The Hall–Kier alpha value is -0.890. The number of ketones is 1. The standard InChI is InChI=1S/C22H32O2/c1-13-10-16-17-7-5-6-14(2)22(17,4)12-19(24)20(16)21(3)9-8-15(23)11-18(13)21/h8-9,11,13-14,16-17,19-20,24H,5-7,10,12H2,1-4H3/t13-,14?,16?,17-,19?,20+,21?,22?/m0/s1. The van der Waals surface area contributed by atoms with Crippen molar-refractivity contribution < 1.29 is 9.90 Å². The highest BCUT2D eigenvalue weighted by Gasteiger charge is 2.60. The second-order valence-electron chi connectivity index (χ2n) is 9.66. The SMILES string of the molecule is CC1CCC[C@H]2C3C[C@H](C)C4=CC(=O)C=CC4(C)[C@H]3C(O)CC12C. The predicted molar refractivity (Wildman–Crippen MR) is 96.3 cm³/mol. The molecule has 8 atom stereocenters. The van der Waals surface area contributed by atoms with Gasteiger partial charge in [0.1, 0.15) is 0 Å². The van der Waals surface area contributed by atoms with E-state index in [4.69, 9.17) is 0 Å². The normalized spacial score (nSPS) is 53.7. The fourth-order valence-electron chi connectivity index (χ4n) is 7.21. The van der Waals surface area contributed by atoms with Crippen LogP contribution in [0.2, 0.25) is 0 Å². The Labute approximate surface area is 146 Å². The summed E-state index contributed by atoms with van der Waals surface area (Å²) in [5.41, 5.74) is 1.41. The predicted octanol–water partition coefficient (Wildman–Crippen LogP) is 4.54. The fraction of sp³-hybridized carbons (Fsp3) is 0.773. The van der Waals surface area contributed by atoms with Crippen LogP contribution in [0.1, 0.15) is 59.8 Å². The molecule has 2 nitrogen and oxygen atoms in total. The van der Waals surface area contributed by atoms with Crippen molar-refractivity contribution in [1.82, 2.24) is 0 Å². The molecule has 0 aromatic rings. The van der Waals surface area contributed by atoms with E-state index in [1.165, 1.54) is 24.8 Å². The van der Waals surface area contributed by atoms with Gasteiger partial charge in [-0.1, -0.05) is 52.2 Å². The van der Waals surface area contributed by atoms with Crippen molar-refractivity contribution in [2.45, 2.75) is 65.9 Å². The van der Waals surface area contributed by atoms with Crippen LogP contribution >= 0.6 is 0 Å². The van der Waals surface area contributed by atoms with E-state index in [1.54, 1.807) is 6.08 Å². The molecule has 2 heteroatoms. The summed E-state index contributed by atoms with van der Waals surface area (Å²) in [6, 6.07) is 0. The number of rotatable bonds is 0. The van der Waals surface area contributed by atoms with Crippen LogP contribution < -0.4 is 0 Å². The summed E-state index contributed by atoms with van der Waals surface area (Å²) in [6.45, 7) is 9.40. The average molecular weight is 328 g/mol. The molecule has 4 aliphatic rings. The first-order chi connectivity index (χ1) is 11.3. The summed E-state index contributed by atoms with van der Waals surface area (Å²) >= 11 is 0. The van der Waals surface area contributed by atoms with E-state index in [-0.39, 0.29) is 28.6 Å². The Balaban J connectivity index is 1.78. The van der Waals surface area contributed by atoms with E-state index >= 15 is 0 Å². The van der Waals surface area contributed by atoms with Gasteiger partial charge in [0.05, 0.1) is 6.10 Å². The third kappa shape index (κ3) is 2.08. The van der Waals surface area contributed by atoms with Crippen molar-refractivity contribution >= 4 is 5.78 Å². The molecule has 4 aliphatic carbocycles. The van der Waals surface area contributed by atoms with Gasteiger partial charge in [-0.3, -0.25) is 4.79 Å². The number of carbonyl (C=O) groups excluding carboxylic acids is 1. The minimum atomic E-state index is -0.254. The molecule has 4 rings (SSSR count). The first-order valence-corrected chi connectivity index (χ1v) is 9.90. The lowest BCUT2D eigenvalue weighted by Gasteiger charge is -2.63. The maximum atomic E-state index is 11.9. The lowest BCUT2D eigenvalue weighted by Crippen LogP contribution is -2.59. The largest absolute Gasteiger partial charge is 0.393 e. The monoisotopic (exact) mass is 328 g/mol. The molecule has 3 saturated carbocycles. The summed E-state index contributed by atoms with van der Waals surface area (Å²) in [4.78, 5) is 11.9. The molecule has 3 fully saturated rings. The summed E-state index contributed by atoms with van der Waals surface area (Å²) in [5, 5.41) is 11.2. The summed E-state index contributed by atoms with van der Waals surface area (Å²) in [6.07, 6.45) is 11.5. The Morgan fingerprint density at radius 1 is 1.21 bits per heavy atom. The molecule has 0 saturated heterocycles. The molecular weight excluding hydrogens is 296 g/mol. The highest BCUT2D eigenvalue weighted by molar-refractivity contribution is 6.01. The van der Waals surface area contributed by atoms with Gasteiger partial charge in [0.15, 0.2) is 5.78 Å². The topological polar surface area (TPSA) is 37.3 Å². The van der Waals surface area contributed by atoms with Crippen molar-refractivity contribution in [2.24, 2.45) is 40.4 Å². The lowest BCUT2D eigenvalue weighted by molar-refractivity contribution is -0.152. The van der Waals surface area contributed by atoms with Crippen molar-refractivity contribution in [3.63, 3.8) is 0 Å². The first-order valence-electron chi connectivity index (χ1n) is 9.90. The number of allylic oxidation sites excluding steroid dienone is 4.